The van der Waals surface area contributed by atoms with Crippen molar-refractivity contribution in [3.8, 4) is 5.88 Å². The summed E-state index contributed by atoms with van der Waals surface area (Å²) in [6.45, 7) is 1.98. The molecule has 0 fully saturated rings. The van der Waals surface area contributed by atoms with E-state index in [4.69, 9.17) is 0 Å². The highest BCUT2D eigenvalue weighted by Crippen LogP contribution is 2.36. The number of imidazole rings is 1. The molecule has 0 spiro atoms. The Kier molecular flexibility index (Phi) is 3.69. The van der Waals surface area contributed by atoms with E-state index in [1.165, 1.54) is 9.13 Å². The van der Waals surface area contributed by atoms with Crippen LogP contribution in [-0.4, -0.2) is 28.8 Å². The lowest BCUT2D eigenvalue weighted by atomic mass is 10.2. The summed E-state index contributed by atoms with van der Waals surface area (Å²) in [5.41, 5.74) is 0.623. The second-order valence-corrected chi connectivity index (χ2v) is 6.10. The fourth-order valence-corrected chi connectivity index (χ4v) is 3.11. The second-order valence-electron chi connectivity index (χ2n) is 6.10. The van der Waals surface area contributed by atoms with Gasteiger partial charge in [0.1, 0.15) is 0 Å². The Hall–Kier alpha value is -3.69. The van der Waals surface area contributed by atoms with E-state index in [1.54, 1.807) is 27.1 Å². The molecule has 0 bridgehead atoms. The van der Waals surface area contributed by atoms with Crippen LogP contribution in [0.15, 0.2) is 44.1 Å². The SMILES string of the molecule is CCn1c(=O)c2c(nc(N=Nc3c(O)[nH]c4ccccc34)n2C)n(C)c1=O. The Morgan fingerprint density at radius 3 is 2.63 bits per heavy atom. The number of nitrogens with zero attached hydrogens (tertiary/aromatic N) is 6. The van der Waals surface area contributed by atoms with Crippen LogP contribution in [0.25, 0.3) is 22.1 Å². The number of rotatable bonds is 3. The summed E-state index contributed by atoms with van der Waals surface area (Å²) >= 11 is 0. The van der Waals surface area contributed by atoms with E-state index in [0.717, 1.165) is 10.1 Å². The van der Waals surface area contributed by atoms with Gasteiger partial charge in [-0.15, -0.1) is 10.2 Å². The molecule has 1 aromatic carbocycles. The molecule has 4 aromatic rings. The maximum Gasteiger partial charge on any atom is 0.332 e. The molecule has 10 nitrogen and oxygen atoms in total. The number of aromatic hydroxyl groups is 1. The first-order valence-corrected chi connectivity index (χ1v) is 8.31. The van der Waals surface area contributed by atoms with E-state index in [0.29, 0.717) is 5.39 Å². The van der Waals surface area contributed by atoms with E-state index in [9.17, 15) is 14.7 Å². The minimum Gasteiger partial charge on any atom is -0.493 e. The number of hydrogen-bond acceptors (Lipinski definition) is 6. The number of para-hydroxylation sites is 1. The van der Waals surface area contributed by atoms with Crippen molar-refractivity contribution >= 4 is 33.7 Å². The van der Waals surface area contributed by atoms with E-state index >= 15 is 0 Å². The van der Waals surface area contributed by atoms with Gasteiger partial charge in [-0.2, -0.15) is 4.98 Å². The minimum atomic E-state index is -0.439. The van der Waals surface area contributed by atoms with E-state index in [1.807, 2.05) is 18.2 Å². The molecule has 0 aliphatic heterocycles. The van der Waals surface area contributed by atoms with E-state index in [-0.39, 0.29) is 35.2 Å². The van der Waals surface area contributed by atoms with Crippen LogP contribution in [0, 0.1) is 0 Å². The first-order chi connectivity index (χ1) is 12.9. The van der Waals surface area contributed by atoms with Crippen molar-refractivity contribution in [3.05, 3.63) is 45.1 Å². The molecule has 0 aliphatic carbocycles. The summed E-state index contributed by atoms with van der Waals surface area (Å²) in [6, 6.07) is 7.28. The van der Waals surface area contributed by atoms with Crippen LogP contribution in [0.1, 0.15) is 6.92 Å². The lowest BCUT2D eigenvalue weighted by Gasteiger charge is -2.05. The molecule has 4 rings (SSSR count). The second kappa shape index (κ2) is 5.94. The molecule has 0 atom stereocenters. The van der Waals surface area contributed by atoms with Crippen LogP contribution in [0.4, 0.5) is 11.6 Å². The monoisotopic (exact) mass is 367 g/mol. The average molecular weight is 367 g/mol. The predicted molar refractivity (Wildman–Crippen MR) is 100 cm³/mol. The Morgan fingerprint density at radius 2 is 1.89 bits per heavy atom. The number of aromatic nitrogens is 5. The molecule has 2 N–H and O–H groups in total. The highest BCUT2D eigenvalue weighted by Gasteiger charge is 2.18. The van der Waals surface area contributed by atoms with Crippen molar-refractivity contribution in [2.45, 2.75) is 13.5 Å². The first kappa shape index (κ1) is 16.8. The van der Waals surface area contributed by atoms with Gasteiger partial charge in [-0.25, -0.2) is 4.79 Å². The Morgan fingerprint density at radius 1 is 1.15 bits per heavy atom. The van der Waals surface area contributed by atoms with Crippen LogP contribution in [0.2, 0.25) is 0 Å². The molecule has 0 radical (unpaired) electrons. The maximum absolute atomic E-state index is 12.6. The number of azo groups is 1. The van der Waals surface area contributed by atoms with Gasteiger partial charge < -0.3 is 14.7 Å². The van der Waals surface area contributed by atoms with Gasteiger partial charge in [-0.05, 0) is 13.0 Å². The van der Waals surface area contributed by atoms with E-state index < -0.39 is 11.2 Å². The number of aromatic amines is 1. The van der Waals surface area contributed by atoms with E-state index in [2.05, 4.69) is 20.2 Å². The standard InChI is InChI=1S/C17H17N7O3/c1-4-24-15(26)12-13(23(3)17(24)27)19-16(22(12)2)21-20-11-9-7-5-6-8-10(9)18-14(11)25/h5-8,18,25H,4H2,1-3H3. The number of aryl methyl sites for hydroxylation is 2. The van der Waals surface area contributed by atoms with Gasteiger partial charge in [0.2, 0.25) is 5.88 Å². The normalized spacial score (nSPS) is 12.0. The lowest BCUT2D eigenvalue weighted by molar-refractivity contribution is 0.459. The molecule has 3 heterocycles. The van der Waals surface area contributed by atoms with Crippen molar-refractivity contribution in [1.29, 1.82) is 0 Å². The third kappa shape index (κ3) is 2.37. The summed E-state index contributed by atoms with van der Waals surface area (Å²) in [6.07, 6.45) is 0. The fraction of sp³-hybridized carbons (Fsp3) is 0.235. The zero-order valence-electron chi connectivity index (χ0n) is 15.0. The summed E-state index contributed by atoms with van der Waals surface area (Å²) < 4.78 is 3.93. The summed E-state index contributed by atoms with van der Waals surface area (Å²) in [4.78, 5) is 32.0. The third-order valence-electron chi connectivity index (χ3n) is 4.55. The van der Waals surface area contributed by atoms with Crippen molar-refractivity contribution in [2.75, 3.05) is 0 Å². The third-order valence-corrected chi connectivity index (χ3v) is 4.55. The Labute approximate surface area is 152 Å². The van der Waals surface area contributed by atoms with Crippen LogP contribution in [0.5, 0.6) is 5.88 Å². The zero-order chi connectivity index (χ0) is 19.3. The van der Waals surface area contributed by atoms with Gasteiger partial charge >= 0.3 is 5.69 Å². The molecule has 0 aliphatic rings. The largest absolute Gasteiger partial charge is 0.493 e. The van der Waals surface area contributed by atoms with Gasteiger partial charge in [0.05, 0.1) is 5.52 Å². The zero-order valence-corrected chi connectivity index (χ0v) is 15.0. The number of H-pyrrole nitrogens is 1. The quantitative estimate of drug-likeness (QED) is 0.538. The summed E-state index contributed by atoms with van der Waals surface area (Å²) in [7, 11) is 3.18. The summed E-state index contributed by atoms with van der Waals surface area (Å²) in [5, 5.41) is 19.0. The van der Waals surface area contributed by atoms with Gasteiger partial charge in [0.25, 0.3) is 11.5 Å². The molecule has 0 amide bonds. The smallest absolute Gasteiger partial charge is 0.332 e. The van der Waals surface area contributed by atoms with Crippen LogP contribution in [0.3, 0.4) is 0 Å². The predicted octanol–water partition coefficient (Wildman–Crippen LogP) is 2.06. The molecule has 0 saturated carbocycles. The van der Waals surface area contributed by atoms with Crippen molar-refractivity contribution in [2.24, 2.45) is 24.3 Å². The summed E-state index contributed by atoms with van der Waals surface area (Å²) in [5.74, 6) is 0.0371. The van der Waals surface area contributed by atoms with Gasteiger partial charge in [-0.1, -0.05) is 18.2 Å². The molecule has 0 saturated heterocycles. The van der Waals surface area contributed by atoms with Gasteiger partial charge in [0.15, 0.2) is 16.9 Å². The number of benzene rings is 1. The minimum absolute atomic E-state index is 0.112. The fourth-order valence-electron chi connectivity index (χ4n) is 3.11. The van der Waals surface area contributed by atoms with Crippen molar-refractivity contribution < 1.29 is 5.11 Å². The molecule has 0 unspecified atom stereocenters. The number of hydrogen-bond donors (Lipinski definition) is 2. The number of fused-ring (bicyclic) bond motifs is 2. The highest BCUT2D eigenvalue weighted by molar-refractivity contribution is 5.94. The van der Waals surface area contributed by atoms with Crippen molar-refractivity contribution in [1.82, 2.24) is 23.7 Å². The van der Waals surface area contributed by atoms with Crippen LogP contribution < -0.4 is 11.2 Å². The van der Waals surface area contributed by atoms with Gasteiger partial charge in [0, 0.05) is 26.0 Å². The molecular weight excluding hydrogens is 350 g/mol. The molecule has 10 heteroatoms. The van der Waals surface area contributed by atoms with Crippen molar-refractivity contribution in [3.63, 3.8) is 0 Å². The topological polar surface area (TPSA) is 123 Å². The highest BCUT2D eigenvalue weighted by atomic mass is 16.3. The molecule has 138 valence electrons. The average Bonchev–Trinajstić information content (AvgIpc) is 3.15. The van der Waals surface area contributed by atoms with Gasteiger partial charge in [-0.3, -0.25) is 13.9 Å². The Bertz CT molecular complexity index is 1340. The number of nitrogens with one attached hydrogen (secondary N) is 1. The molecule has 3 aromatic heterocycles. The molecular formula is C17H17N7O3. The first-order valence-electron chi connectivity index (χ1n) is 8.31. The molecule has 27 heavy (non-hydrogen) atoms. The van der Waals surface area contributed by atoms with Crippen LogP contribution in [-0.2, 0) is 20.6 Å². The Balaban J connectivity index is 1.91. The lowest BCUT2D eigenvalue weighted by Crippen LogP contribution is -2.39. The maximum atomic E-state index is 12.6. The van der Waals surface area contributed by atoms with Crippen LogP contribution >= 0.6 is 0 Å².